The first-order chi connectivity index (χ1) is 16.9. The third-order valence-electron chi connectivity index (χ3n) is 5.45. The molecule has 3 heterocycles. The Balaban J connectivity index is 1.43. The predicted molar refractivity (Wildman–Crippen MR) is 124 cm³/mol. The van der Waals surface area contributed by atoms with Crippen LogP contribution in [-0.4, -0.2) is 30.3 Å². The lowest BCUT2D eigenvalue weighted by Gasteiger charge is -2.09. The summed E-state index contributed by atoms with van der Waals surface area (Å²) in [7, 11) is 0. The van der Waals surface area contributed by atoms with Gasteiger partial charge in [0.05, 0.1) is 18.4 Å². The van der Waals surface area contributed by atoms with Gasteiger partial charge in [-0.2, -0.15) is 10.2 Å². The van der Waals surface area contributed by atoms with Crippen LogP contribution in [0.25, 0.3) is 16.9 Å². The molecule has 0 radical (unpaired) electrons. The Hall–Kier alpha value is -4.47. The summed E-state index contributed by atoms with van der Waals surface area (Å²) in [6.45, 7) is 2.30. The molecule has 0 saturated heterocycles. The molecule has 0 bridgehead atoms. The lowest BCUT2D eigenvalue weighted by molar-refractivity contribution is 0.102. The van der Waals surface area contributed by atoms with Crippen molar-refractivity contribution in [1.29, 1.82) is 0 Å². The van der Waals surface area contributed by atoms with Gasteiger partial charge in [-0.1, -0.05) is 42.0 Å². The first-order valence-electron chi connectivity index (χ1n) is 10.7. The van der Waals surface area contributed by atoms with Crippen molar-refractivity contribution in [2.24, 2.45) is 0 Å². The highest BCUT2D eigenvalue weighted by Gasteiger charge is 2.22. The SMILES string of the molecule is Cc1ccc(-c2cc(C(F)F)n3ncc(C(=O)Nc4ccn(Cc5ccc(F)cc5)n4)c3n2)cc1. The lowest BCUT2D eigenvalue weighted by Crippen LogP contribution is -2.13. The van der Waals surface area contributed by atoms with Gasteiger partial charge in [0, 0.05) is 17.8 Å². The van der Waals surface area contributed by atoms with Crippen molar-refractivity contribution in [3.63, 3.8) is 0 Å². The maximum atomic E-state index is 13.8. The molecule has 0 aliphatic heterocycles. The summed E-state index contributed by atoms with van der Waals surface area (Å²) in [6, 6.07) is 16.2. The van der Waals surface area contributed by atoms with Crippen molar-refractivity contribution >= 4 is 17.4 Å². The largest absolute Gasteiger partial charge is 0.305 e. The monoisotopic (exact) mass is 476 g/mol. The summed E-state index contributed by atoms with van der Waals surface area (Å²) in [5.41, 5.74) is 2.50. The van der Waals surface area contributed by atoms with Gasteiger partial charge in [-0.15, -0.1) is 0 Å². The quantitative estimate of drug-likeness (QED) is 0.362. The minimum atomic E-state index is -2.82. The molecule has 0 aliphatic rings. The van der Waals surface area contributed by atoms with Gasteiger partial charge < -0.3 is 5.32 Å². The molecule has 0 spiro atoms. The van der Waals surface area contributed by atoms with E-state index in [1.807, 2.05) is 19.1 Å². The van der Waals surface area contributed by atoms with Crippen LogP contribution in [0.15, 0.2) is 73.1 Å². The van der Waals surface area contributed by atoms with Gasteiger partial charge in [0.1, 0.15) is 17.1 Å². The van der Waals surface area contributed by atoms with Crippen molar-refractivity contribution < 1.29 is 18.0 Å². The molecule has 0 saturated carbocycles. The number of amides is 1. The van der Waals surface area contributed by atoms with E-state index in [1.165, 1.54) is 24.4 Å². The molecular formula is C25H19F3N6O. The number of nitrogens with zero attached hydrogens (tertiary/aromatic N) is 5. The zero-order chi connectivity index (χ0) is 24.5. The minimum absolute atomic E-state index is 0.0154. The highest BCUT2D eigenvalue weighted by atomic mass is 19.3. The number of benzene rings is 2. The van der Waals surface area contributed by atoms with Crippen molar-refractivity contribution in [2.75, 3.05) is 5.32 Å². The summed E-state index contributed by atoms with van der Waals surface area (Å²) in [5.74, 6) is -0.647. The Morgan fingerprint density at radius 3 is 2.51 bits per heavy atom. The standard InChI is InChI=1S/C25H19F3N6O/c1-15-2-6-17(7-3-15)20-12-21(23(27)28)34-24(30-20)19(13-29-34)25(35)31-22-10-11-33(32-22)14-16-4-8-18(26)9-5-16/h2-13,23H,14H2,1H3,(H,31,32,35). The first-order valence-corrected chi connectivity index (χ1v) is 10.7. The van der Waals surface area contributed by atoms with E-state index in [9.17, 15) is 18.0 Å². The van der Waals surface area contributed by atoms with Gasteiger partial charge in [-0.25, -0.2) is 22.7 Å². The van der Waals surface area contributed by atoms with E-state index in [0.717, 1.165) is 15.6 Å². The van der Waals surface area contributed by atoms with Crippen LogP contribution in [0, 0.1) is 12.7 Å². The fraction of sp³-hybridized carbons (Fsp3) is 0.120. The summed E-state index contributed by atoms with van der Waals surface area (Å²) in [5, 5.41) is 10.9. The van der Waals surface area contributed by atoms with Crippen molar-refractivity contribution in [3.8, 4) is 11.3 Å². The Morgan fingerprint density at radius 2 is 1.80 bits per heavy atom. The molecule has 0 atom stereocenters. The van der Waals surface area contributed by atoms with E-state index >= 15 is 0 Å². The number of nitrogens with one attached hydrogen (secondary N) is 1. The molecular weight excluding hydrogens is 457 g/mol. The molecule has 0 fully saturated rings. The number of halogens is 3. The van der Waals surface area contributed by atoms with Gasteiger partial charge in [-0.3, -0.25) is 9.48 Å². The van der Waals surface area contributed by atoms with E-state index in [2.05, 4.69) is 20.5 Å². The number of rotatable bonds is 6. The fourth-order valence-corrected chi connectivity index (χ4v) is 3.65. The summed E-state index contributed by atoms with van der Waals surface area (Å²) >= 11 is 0. The zero-order valence-corrected chi connectivity index (χ0v) is 18.5. The minimum Gasteiger partial charge on any atom is -0.305 e. The molecule has 5 aromatic rings. The third kappa shape index (κ3) is 4.63. The number of anilines is 1. The number of carbonyl (C=O) groups excluding carboxylic acids is 1. The van der Waals surface area contributed by atoms with Gasteiger partial charge in [0.25, 0.3) is 12.3 Å². The number of alkyl halides is 2. The van der Waals surface area contributed by atoms with Crippen molar-refractivity contribution in [1.82, 2.24) is 24.4 Å². The van der Waals surface area contributed by atoms with Gasteiger partial charge >= 0.3 is 0 Å². The number of aromatic nitrogens is 5. The Bertz CT molecular complexity index is 1510. The molecule has 0 aliphatic carbocycles. The van der Waals surface area contributed by atoms with E-state index in [1.54, 1.807) is 41.2 Å². The third-order valence-corrected chi connectivity index (χ3v) is 5.45. The van der Waals surface area contributed by atoms with Crippen LogP contribution < -0.4 is 5.32 Å². The second-order valence-corrected chi connectivity index (χ2v) is 8.01. The second-order valence-electron chi connectivity index (χ2n) is 8.01. The average molecular weight is 476 g/mol. The van der Waals surface area contributed by atoms with Gasteiger partial charge in [-0.05, 0) is 30.7 Å². The molecule has 10 heteroatoms. The molecule has 35 heavy (non-hydrogen) atoms. The number of aryl methyl sites for hydroxylation is 1. The Labute approximate surface area is 197 Å². The summed E-state index contributed by atoms with van der Waals surface area (Å²) in [6.07, 6.45) is 0.0538. The smallest absolute Gasteiger partial charge is 0.280 e. The number of fused-ring (bicyclic) bond motifs is 1. The zero-order valence-electron chi connectivity index (χ0n) is 18.5. The Kier molecular flexibility index (Phi) is 5.77. The van der Waals surface area contributed by atoms with E-state index in [-0.39, 0.29) is 28.5 Å². The van der Waals surface area contributed by atoms with Gasteiger partial charge in [0.2, 0.25) is 0 Å². The van der Waals surface area contributed by atoms with Crippen LogP contribution in [0.1, 0.15) is 33.6 Å². The Morgan fingerprint density at radius 1 is 1.06 bits per heavy atom. The van der Waals surface area contributed by atoms with Crippen LogP contribution in [0.4, 0.5) is 19.0 Å². The first kappa shape index (κ1) is 22.3. The number of hydrogen-bond acceptors (Lipinski definition) is 4. The van der Waals surface area contributed by atoms with Crippen LogP contribution in [-0.2, 0) is 6.54 Å². The van der Waals surface area contributed by atoms with Crippen molar-refractivity contribution in [3.05, 3.63) is 101 Å². The molecule has 1 amide bonds. The maximum Gasteiger partial charge on any atom is 0.280 e. The fourth-order valence-electron chi connectivity index (χ4n) is 3.65. The van der Waals surface area contributed by atoms with Crippen LogP contribution in [0.2, 0.25) is 0 Å². The van der Waals surface area contributed by atoms with E-state index < -0.39 is 12.3 Å². The highest BCUT2D eigenvalue weighted by molar-refractivity contribution is 6.07. The summed E-state index contributed by atoms with van der Waals surface area (Å²) in [4.78, 5) is 17.4. The molecule has 7 nitrogen and oxygen atoms in total. The summed E-state index contributed by atoms with van der Waals surface area (Å²) < 4.78 is 43.3. The van der Waals surface area contributed by atoms with E-state index in [4.69, 9.17) is 0 Å². The molecule has 176 valence electrons. The molecule has 0 unspecified atom stereocenters. The second kappa shape index (κ2) is 9.05. The lowest BCUT2D eigenvalue weighted by atomic mass is 10.1. The van der Waals surface area contributed by atoms with Crippen LogP contribution in [0.3, 0.4) is 0 Å². The van der Waals surface area contributed by atoms with Crippen LogP contribution >= 0.6 is 0 Å². The topological polar surface area (TPSA) is 77.1 Å². The average Bonchev–Trinajstić information content (AvgIpc) is 3.47. The number of carbonyl (C=O) groups is 1. The maximum absolute atomic E-state index is 13.8. The highest BCUT2D eigenvalue weighted by Crippen LogP contribution is 2.27. The van der Waals surface area contributed by atoms with Crippen molar-refractivity contribution in [2.45, 2.75) is 19.9 Å². The molecule has 1 N–H and O–H groups in total. The normalized spacial score (nSPS) is 11.3. The van der Waals surface area contributed by atoms with Gasteiger partial charge in [0.15, 0.2) is 11.5 Å². The molecule has 3 aromatic heterocycles. The number of hydrogen-bond donors (Lipinski definition) is 1. The van der Waals surface area contributed by atoms with E-state index in [0.29, 0.717) is 17.8 Å². The molecule has 5 rings (SSSR count). The predicted octanol–water partition coefficient (Wildman–Crippen LogP) is 5.28. The van der Waals surface area contributed by atoms with Crippen LogP contribution in [0.5, 0.6) is 0 Å². The molecule has 2 aromatic carbocycles.